The summed E-state index contributed by atoms with van der Waals surface area (Å²) in [4.78, 5) is 4.74. The van der Waals surface area contributed by atoms with Gasteiger partial charge in [-0.2, -0.15) is 0 Å². The fourth-order valence-corrected chi connectivity index (χ4v) is 4.05. The van der Waals surface area contributed by atoms with Gasteiger partial charge in [0, 0.05) is 24.1 Å². The Morgan fingerprint density at radius 3 is 2.84 bits per heavy atom. The van der Waals surface area contributed by atoms with Crippen molar-refractivity contribution in [3.63, 3.8) is 0 Å². The molecule has 0 saturated heterocycles. The first-order chi connectivity index (χ1) is 9.30. The van der Waals surface area contributed by atoms with E-state index in [1.165, 1.54) is 31.4 Å². The van der Waals surface area contributed by atoms with Crippen molar-refractivity contribution in [3.05, 3.63) is 24.3 Å². The number of amidine groups is 1. The highest BCUT2D eigenvalue weighted by Crippen LogP contribution is 2.43. The minimum atomic E-state index is 0.504. The molecule has 3 nitrogen and oxygen atoms in total. The molecular weight excluding hydrogens is 256 g/mol. The first-order valence-corrected chi connectivity index (χ1v) is 7.87. The molecule has 1 heterocycles. The topological polar surface area (TPSA) is 33.6 Å². The van der Waals surface area contributed by atoms with E-state index >= 15 is 0 Å². The smallest absolute Gasteiger partial charge is 0.161 e. The number of hydrogen-bond acceptors (Lipinski definition) is 4. The molecule has 1 aromatic carbocycles. The van der Waals surface area contributed by atoms with E-state index < -0.39 is 0 Å². The normalized spacial score (nSPS) is 21.2. The molecular formula is C15H20N2OS. The van der Waals surface area contributed by atoms with Crippen LogP contribution >= 0.6 is 11.8 Å². The van der Waals surface area contributed by atoms with Gasteiger partial charge in [-0.15, -0.1) is 0 Å². The Morgan fingerprint density at radius 1 is 1.32 bits per heavy atom. The largest absolute Gasteiger partial charge is 0.497 e. The molecule has 1 saturated carbocycles. The molecule has 2 aliphatic rings. The van der Waals surface area contributed by atoms with E-state index in [9.17, 15) is 0 Å². The summed E-state index contributed by atoms with van der Waals surface area (Å²) in [6.07, 6.45) is 5.48. The number of ether oxygens (including phenoxy) is 1. The molecule has 0 bridgehead atoms. The van der Waals surface area contributed by atoms with Crippen LogP contribution in [0.2, 0.25) is 0 Å². The van der Waals surface area contributed by atoms with Crippen LogP contribution in [0.25, 0.3) is 0 Å². The van der Waals surface area contributed by atoms with E-state index in [1.54, 1.807) is 7.11 Å². The summed E-state index contributed by atoms with van der Waals surface area (Å²) in [6.45, 7) is 0.992. The minimum Gasteiger partial charge on any atom is -0.497 e. The highest BCUT2D eigenvalue weighted by atomic mass is 32.2. The summed E-state index contributed by atoms with van der Waals surface area (Å²) >= 11 is 1.87. The zero-order valence-electron chi connectivity index (χ0n) is 11.3. The molecule has 4 heteroatoms. The second-order valence-electron chi connectivity index (χ2n) is 5.47. The Balaban J connectivity index is 1.66. The Kier molecular flexibility index (Phi) is 3.69. The van der Waals surface area contributed by atoms with E-state index in [2.05, 4.69) is 5.32 Å². The molecule has 0 amide bonds. The third kappa shape index (κ3) is 2.89. The van der Waals surface area contributed by atoms with Crippen LogP contribution in [0.5, 0.6) is 5.75 Å². The summed E-state index contributed by atoms with van der Waals surface area (Å²) in [5.41, 5.74) is 1.55. The number of anilines is 1. The third-order valence-electron chi connectivity index (χ3n) is 4.06. The number of methoxy groups -OCH3 is 1. The molecule has 0 unspecified atom stereocenters. The second kappa shape index (κ2) is 5.45. The zero-order chi connectivity index (χ0) is 13.1. The average molecular weight is 276 g/mol. The SMILES string of the molecule is COc1cccc(NC2=NCC3(CCCC3)CS2)c1. The average Bonchev–Trinajstić information content (AvgIpc) is 2.90. The number of hydrogen-bond donors (Lipinski definition) is 1. The van der Waals surface area contributed by atoms with Crippen molar-refractivity contribution in [2.75, 3.05) is 24.7 Å². The fraction of sp³-hybridized carbons (Fsp3) is 0.533. The number of benzene rings is 1. The van der Waals surface area contributed by atoms with Crippen molar-refractivity contribution in [3.8, 4) is 5.75 Å². The van der Waals surface area contributed by atoms with Gasteiger partial charge < -0.3 is 10.1 Å². The van der Waals surface area contributed by atoms with Gasteiger partial charge in [0.25, 0.3) is 0 Å². The van der Waals surface area contributed by atoms with Crippen molar-refractivity contribution in [2.24, 2.45) is 10.4 Å². The molecule has 3 rings (SSSR count). The van der Waals surface area contributed by atoms with Crippen LogP contribution in [0.3, 0.4) is 0 Å². The third-order valence-corrected chi connectivity index (χ3v) is 5.32. The van der Waals surface area contributed by atoms with Gasteiger partial charge in [0.2, 0.25) is 0 Å². The van der Waals surface area contributed by atoms with Crippen molar-refractivity contribution in [1.29, 1.82) is 0 Å². The van der Waals surface area contributed by atoms with Gasteiger partial charge >= 0.3 is 0 Å². The molecule has 1 aliphatic carbocycles. The highest BCUT2D eigenvalue weighted by Gasteiger charge is 2.36. The number of rotatable bonds is 2. The Hall–Kier alpha value is -1.16. The molecule has 0 radical (unpaired) electrons. The predicted molar refractivity (Wildman–Crippen MR) is 82.3 cm³/mol. The lowest BCUT2D eigenvalue weighted by Gasteiger charge is -2.31. The Bertz CT molecular complexity index is 481. The maximum atomic E-state index is 5.23. The Morgan fingerprint density at radius 2 is 2.16 bits per heavy atom. The first-order valence-electron chi connectivity index (χ1n) is 6.88. The van der Waals surface area contributed by atoms with Crippen LogP contribution in [0, 0.1) is 5.41 Å². The van der Waals surface area contributed by atoms with Gasteiger partial charge in [0.1, 0.15) is 5.75 Å². The van der Waals surface area contributed by atoms with Gasteiger partial charge in [-0.1, -0.05) is 30.7 Å². The van der Waals surface area contributed by atoms with E-state index in [-0.39, 0.29) is 0 Å². The van der Waals surface area contributed by atoms with Crippen molar-refractivity contribution < 1.29 is 4.74 Å². The van der Waals surface area contributed by atoms with Gasteiger partial charge in [0.15, 0.2) is 5.17 Å². The summed E-state index contributed by atoms with van der Waals surface area (Å²) < 4.78 is 5.23. The minimum absolute atomic E-state index is 0.504. The maximum Gasteiger partial charge on any atom is 0.161 e. The van der Waals surface area contributed by atoms with E-state index in [1.807, 2.05) is 36.0 Å². The quantitative estimate of drug-likeness (QED) is 0.892. The summed E-state index contributed by atoms with van der Waals surface area (Å²) in [5.74, 6) is 2.08. The molecule has 1 aromatic rings. The number of nitrogens with zero attached hydrogens (tertiary/aromatic N) is 1. The lowest BCUT2D eigenvalue weighted by molar-refractivity contribution is 0.359. The molecule has 1 N–H and O–H groups in total. The summed E-state index contributed by atoms with van der Waals surface area (Å²) in [6, 6.07) is 8.00. The van der Waals surface area contributed by atoms with E-state index in [0.29, 0.717) is 5.41 Å². The maximum absolute atomic E-state index is 5.23. The lowest BCUT2D eigenvalue weighted by atomic mass is 9.89. The molecule has 102 valence electrons. The van der Waals surface area contributed by atoms with E-state index in [4.69, 9.17) is 9.73 Å². The van der Waals surface area contributed by atoms with E-state index in [0.717, 1.165) is 23.1 Å². The molecule has 0 aromatic heterocycles. The predicted octanol–water partition coefficient (Wildman–Crippen LogP) is 3.77. The molecule has 1 spiro atoms. The number of nitrogens with one attached hydrogen (secondary N) is 1. The second-order valence-corrected chi connectivity index (χ2v) is 6.44. The van der Waals surface area contributed by atoms with Gasteiger partial charge in [-0.05, 0) is 30.4 Å². The monoisotopic (exact) mass is 276 g/mol. The van der Waals surface area contributed by atoms with Gasteiger partial charge in [-0.3, -0.25) is 4.99 Å². The molecule has 1 fully saturated rings. The molecule has 19 heavy (non-hydrogen) atoms. The zero-order valence-corrected chi connectivity index (χ0v) is 12.1. The van der Waals surface area contributed by atoms with Crippen molar-refractivity contribution >= 4 is 22.6 Å². The van der Waals surface area contributed by atoms with Gasteiger partial charge in [-0.25, -0.2) is 0 Å². The number of aliphatic imine (C=N–C) groups is 1. The number of thioether (sulfide) groups is 1. The lowest BCUT2D eigenvalue weighted by Crippen LogP contribution is -2.30. The molecule has 1 aliphatic heterocycles. The van der Waals surface area contributed by atoms with Crippen LogP contribution in [-0.2, 0) is 0 Å². The van der Waals surface area contributed by atoms with Crippen LogP contribution in [0.1, 0.15) is 25.7 Å². The van der Waals surface area contributed by atoms with Crippen molar-refractivity contribution in [1.82, 2.24) is 0 Å². The highest BCUT2D eigenvalue weighted by molar-refractivity contribution is 8.14. The van der Waals surface area contributed by atoms with Crippen molar-refractivity contribution in [2.45, 2.75) is 25.7 Å². The fourth-order valence-electron chi connectivity index (χ4n) is 2.88. The summed E-state index contributed by atoms with van der Waals surface area (Å²) in [7, 11) is 1.69. The van der Waals surface area contributed by atoms with Crippen LogP contribution < -0.4 is 10.1 Å². The Labute approximate surface area is 118 Å². The van der Waals surface area contributed by atoms with Crippen LogP contribution in [-0.4, -0.2) is 24.6 Å². The standard InChI is InChI=1S/C15H20N2OS/c1-18-13-6-4-5-12(9-13)17-14-16-10-15(11-19-14)7-2-3-8-15/h4-6,9H,2-3,7-8,10-11H2,1H3,(H,16,17). The van der Waals surface area contributed by atoms with Crippen LogP contribution in [0.15, 0.2) is 29.3 Å². The van der Waals surface area contributed by atoms with Crippen LogP contribution in [0.4, 0.5) is 5.69 Å². The molecule has 0 atom stereocenters. The summed E-state index contributed by atoms with van der Waals surface area (Å²) in [5, 5.41) is 4.44. The van der Waals surface area contributed by atoms with Gasteiger partial charge in [0.05, 0.1) is 7.11 Å². The first kappa shape index (κ1) is 12.9.